The van der Waals surface area contributed by atoms with Crippen LogP contribution in [0.3, 0.4) is 0 Å². The van der Waals surface area contributed by atoms with Gasteiger partial charge in [-0.05, 0) is 130 Å². The van der Waals surface area contributed by atoms with Crippen LogP contribution in [-0.4, -0.2) is 156 Å². The van der Waals surface area contributed by atoms with Gasteiger partial charge in [-0.3, -0.25) is 24.2 Å². The maximum Gasteiger partial charge on any atom is 0.251 e. The first-order valence-corrected chi connectivity index (χ1v) is 38.1. The lowest BCUT2D eigenvalue weighted by Crippen LogP contribution is -2.47. The number of fused-ring (bicyclic) bond motifs is 2. The molecule has 0 spiro atoms. The largest absolute Gasteiger partial charge is 0.492 e. The molecule has 3 amide bonds. The Kier molecular flexibility index (Phi) is 23.7. The maximum absolute atomic E-state index is 15.2. The predicted octanol–water partition coefficient (Wildman–Crippen LogP) is 8.67. The van der Waals surface area contributed by atoms with E-state index in [0.29, 0.717) is 140 Å². The van der Waals surface area contributed by atoms with Gasteiger partial charge in [-0.15, -0.1) is 20.4 Å². The molecule has 29 nitrogen and oxygen atoms in total. The minimum Gasteiger partial charge on any atom is -0.492 e. The van der Waals surface area contributed by atoms with Gasteiger partial charge in [0.1, 0.15) is 54.3 Å². The Labute approximate surface area is 633 Å². The number of ether oxygens (including phenoxy) is 2. The monoisotopic (exact) mass is 1520 g/mol. The van der Waals surface area contributed by atoms with Gasteiger partial charge in [-0.2, -0.15) is 0 Å². The van der Waals surface area contributed by atoms with Crippen LogP contribution in [0.1, 0.15) is 134 Å². The Balaban J connectivity index is 0.686. The average molecular weight is 1520 g/mol. The second kappa shape index (κ2) is 34.5. The molecule has 0 saturated carbocycles. The summed E-state index contributed by atoms with van der Waals surface area (Å²) in [7, 11) is -2.81. The number of hydrogen-bond donors (Lipinski definition) is 9. The Morgan fingerprint density at radius 2 is 1.35 bits per heavy atom. The molecule has 8 heterocycles. The zero-order chi connectivity index (χ0) is 75.4. The van der Waals surface area contributed by atoms with Gasteiger partial charge < -0.3 is 55.8 Å². The van der Waals surface area contributed by atoms with Crippen molar-refractivity contribution in [2.75, 3.05) is 75.6 Å². The number of nitrogens with one attached hydrogen (secondary N) is 9. The molecule has 33 heteroatoms. The summed E-state index contributed by atoms with van der Waals surface area (Å²) >= 11 is 6.45. The molecule has 2 saturated heterocycles. The molecular weight excluding hydrogens is 1440 g/mol. The minimum absolute atomic E-state index is 0.0673. The molecule has 10 aromatic rings. The molecule has 566 valence electrons. The standard InChI is InChI=1S/C76H83ClF2N22O7S/c1-3-30-98-67(41-84-53-15-5-12-49(37-53)74(103)90-60-26-35-107-70-56(60)17-7-18-58(70)77)93-95-72(98)64-25-29-83-47-97(64)31-9-33-100-69(43-86-52-14-4-11-48(36-52)73(102)87-40-57-59(79)19-8-20-66(57)109(105,106)80-2)96-101(76(100)62-24-28-82-46-89-62)34-10-32-99-68(92-94-71(99)61-23-27-81-45-88-61)42-85-54-16-6-13-50(38-54)75(104)91-63-44-108-65-39-51(78)21-22-55(63)65/h4-8,11-24,27-28,36-39,45-46,60,63-64,69,76,80,83-86,96H,3,9-10,25-26,29-35,40-44,47H2,1-2H3,(H,87,102)(H,90,103)(H,91,104)/t60-,63+,64?,69?,76?/m0/s1. The molecule has 0 aliphatic carbocycles. The maximum atomic E-state index is 15.2. The number of amides is 3. The van der Waals surface area contributed by atoms with E-state index in [9.17, 15) is 27.2 Å². The summed E-state index contributed by atoms with van der Waals surface area (Å²) in [5.74, 6) is 1.53. The third-order valence-electron chi connectivity index (χ3n) is 19.7. The van der Waals surface area contributed by atoms with Crippen molar-refractivity contribution in [1.82, 2.24) is 95.7 Å². The van der Waals surface area contributed by atoms with Crippen LogP contribution in [0.25, 0.3) is 11.5 Å². The van der Waals surface area contributed by atoms with Crippen molar-refractivity contribution in [1.29, 1.82) is 0 Å². The number of nitrogens with zero attached hydrogens (tertiary/aromatic N) is 13. The molecule has 4 aliphatic rings. The second-order valence-electron chi connectivity index (χ2n) is 26.7. The topological polar surface area (TPSA) is 335 Å². The first-order chi connectivity index (χ1) is 53.2. The lowest BCUT2D eigenvalue weighted by molar-refractivity contribution is 0.0892. The van der Waals surface area contributed by atoms with Crippen LogP contribution in [0, 0.1) is 11.6 Å². The van der Waals surface area contributed by atoms with E-state index in [1.165, 1.54) is 37.6 Å². The number of aromatic nitrogens is 10. The van der Waals surface area contributed by atoms with Crippen LogP contribution < -0.4 is 56.8 Å². The normalized spacial score (nSPS) is 17.9. The number of hydrazine groups is 1. The van der Waals surface area contributed by atoms with E-state index in [1.807, 2.05) is 53.1 Å². The molecule has 0 radical (unpaired) electrons. The summed E-state index contributed by atoms with van der Waals surface area (Å²) in [4.78, 5) is 63.8. The SMILES string of the molecule is CCCn1c(CNc2cccc(C(=O)N[C@H]3CCOc4c(Cl)cccc43)c2)nnc1C1CCNCN1CCCN1C(CNc2cccc(C(=O)NCc3c(F)cccc3S(=O)(=O)NC)c2)NN(CCCn2c(CNc3cccc(C(=O)N[C@@H]4COc5cc(F)ccc54)c3)nnc2-c2ccncn2)C1c1ccncn1. The summed E-state index contributed by atoms with van der Waals surface area (Å²) in [5.41, 5.74) is 9.77. The van der Waals surface area contributed by atoms with Crippen molar-refractivity contribution < 1.29 is 41.1 Å². The fourth-order valence-corrected chi connectivity index (χ4v) is 15.5. The van der Waals surface area contributed by atoms with Crippen LogP contribution in [0.2, 0.25) is 5.02 Å². The predicted molar refractivity (Wildman–Crippen MR) is 403 cm³/mol. The van der Waals surface area contributed by atoms with Gasteiger partial charge in [0.2, 0.25) is 10.0 Å². The van der Waals surface area contributed by atoms with Gasteiger partial charge in [-0.1, -0.05) is 61.0 Å². The smallest absolute Gasteiger partial charge is 0.251 e. The number of para-hydroxylation sites is 1. The number of anilines is 3. The highest BCUT2D eigenvalue weighted by Crippen LogP contribution is 2.39. The van der Waals surface area contributed by atoms with E-state index in [-0.39, 0.29) is 65.8 Å². The van der Waals surface area contributed by atoms with Crippen LogP contribution in [0.15, 0.2) is 169 Å². The minimum atomic E-state index is -4.05. The summed E-state index contributed by atoms with van der Waals surface area (Å²) in [6, 6.07) is 38.0. The molecule has 14 rings (SSSR count). The highest BCUT2D eigenvalue weighted by molar-refractivity contribution is 7.89. The van der Waals surface area contributed by atoms with Crippen LogP contribution >= 0.6 is 11.6 Å². The molecule has 3 unspecified atom stereocenters. The number of sulfonamides is 1. The Morgan fingerprint density at radius 1 is 0.661 bits per heavy atom. The molecule has 9 N–H and O–H groups in total. The average Bonchev–Trinajstić information content (AvgIpc) is 1.74. The van der Waals surface area contributed by atoms with Crippen molar-refractivity contribution in [2.24, 2.45) is 0 Å². The Morgan fingerprint density at radius 3 is 2.07 bits per heavy atom. The fraction of sp³-hybridized carbons (Fsp3) is 0.329. The van der Waals surface area contributed by atoms with Gasteiger partial charge in [0.25, 0.3) is 17.7 Å². The van der Waals surface area contributed by atoms with Crippen molar-refractivity contribution in [3.63, 3.8) is 0 Å². The Hall–Kier alpha value is -11.0. The number of hydrogen-bond acceptors (Lipinski definition) is 23. The molecule has 4 aromatic heterocycles. The third kappa shape index (κ3) is 17.5. The van der Waals surface area contributed by atoms with Gasteiger partial charge in [0.15, 0.2) is 23.3 Å². The number of halogens is 3. The number of carbonyl (C=O) groups excluding carboxylic acids is 3. The van der Waals surface area contributed by atoms with Crippen molar-refractivity contribution in [2.45, 2.75) is 107 Å². The third-order valence-corrected chi connectivity index (χ3v) is 21.5. The molecule has 5 atom stereocenters. The van der Waals surface area contributed by atoms with Crippen LogP contribution in [0.5, 0.6) is 11.5 Å². The van der Waals surface area contributed by atoms with Gasteiger partial charge in [-0.25, -0.2) is 52.3 Å². The van der Waals surface area contributed by atoms with E-state index in [1.54, 1.807) is 79.4 Å². The molecule has 4 aliphatic heterocycles. The van der Waals surface area contributed by atoms with Crippen molar-refractivity contribution in [3.05, 3.63) is 238 Å². The molecule has 6 aromatic carbocycles. The van der Waals surface area contributed by atoms with Crippen LogP contribution in [0.4, 0.5) is 25.8 Å². The first-order valence-electron chi connectivity index (χ1n) is 36.2. The van der Waals surface area contributed by atoms with Gasteiger partial charge in [0.05, 0.1) is 59.6 Å². The summed E-state index contributed by atoms with van der Waals surface area (Å²) in [6.45, 7) is 7.56. The second-order valence-corrected chi connectivity index (χ2v) is 28.9. The lowest BCUT2D eigenvalue weighted by Gasteiger charge is -2.36. The lowest BCUT2D eigenvalue weighted by atomic mass is 10.00. The van der Waals surface area contributed by atoms with Gasteiger partial charge >= 0.3 is 0 Å². The van der Waals surface area contributed by atoms with E-state index < -0.39 is 39.8 Å². The summed E-state index contributed by atoms with van der Waals surface area (Å²) < 4.78 is 72.9. The zero-order valence-electron chi connectivity index (χ0n) is 59.9. The zero-order valence-corrected chi connectivity index (χ0v) is 61.5. The summed E-state index contributed by atoms with van der Waals surface area (Å²) in [5, 5.41) is 44.9. The summed E-state index contributed by atoms with van der Waals surface area (Å²) in [6.07, 6.45) is 9.11. The molecular formula is C76H83ClF2N22O7S. The number of rotatable bonds is 31. The number of benzene rings is 6. The van der Waals surface area contributed by atoms with E-state index in [2.05, 4.69) is 98.8 Å². The van der Waals surface area contributed by atoms with Crippen LogP contribution in [-0.2, 0) is 42.7 Å². The molecule has 0 bridgehead atoms. The fourth-order valence-electron chi connectivity index (χ4n) is 14.3. The van der Waals surface area contributed by atoms with E-state index in [4.69, 9.17) is 36.3 Å². The number of carbonyl (C=O) groups is 3. The molecule has 2 fully saturated rings. The quantitative estimate of drug-likeness (QED) is 0.0196. The Bertz CT molecular complexity index is 4990. The van der Waals surface area contributed by atoms with E-state index in [0.717, 1.165) is 54.0 Å². The highest BCUT2D eigenvalue weighted by atomic mass is 35.5. The first kappa shape index (κ1) is 74.9. The van der Waals surface area contributed by atoms with Crippen molar-refractivity contribution in [3.8, 4) is 23.0 Å². The van der Waals surface area contributed by atoms with Crippen molar-refractivity contribution >= 4 is 56.4 Å². The highest BCUT2D eigenvalue weighted by Gasteiger charge is 2.41. The van der Waals surface area contributed by atoms with Gasteiger partial charge in [0, 0.05) is 128 Å². The molecule has 109 heavy (non-hydrogen) atoms. The van der Waals surface area contributed by atoms with E-state index >= 15 is 4.39 Å².